The van der Waals surface area contributed by atoms with Gasteiger partial charge in [0.05, 0.1) is 12.6 Å². The minimum atomic E-state index is -5.73. The van der Waals surface area contributed by atoms with Crippen LogP contribution in [0.1, 0.15) is 19.3 Å². The van der Waals surface area contributed by atoms with E-state index in [4.69, 9.17) is 4.74 Å². The van der Waals surface area contributed by atoms with Gasteiger partial charge in [0, 0.05) is 24.6 Å². The molecule has 0 bridgehead atoms. The number of rotatable bonds is 5. The normalized spacial score (nSPS) is 18.0. The number of benzene rings is 1. The van der Waals surface area contributed by atoms with E-state index in [1.54, 1.807) is 6.20 Å². The Labute approximate surface area is 158 Å². The SMILES string of the molecule is O=c1ncc(-c2ccc(OS(=O)(=O)C(F)(F)F)cc2)cn1CC1CCCCO1. The van der Waals surface area contributed by atoms with Crippen molar-refractivity contribution in [3.63, 3.8) is 0 Å². The van der Waals surface area contributed by atoms with Crippen molar-refractivity contribution in [2.75, 3.05) is 6.61 Å². The molecule has 1 unspecified atom stereocenters. The highest BCUT2D eigenvalue weighted by Crippen LogP contribution is 2.28. The molecule has 28 heavy (non-hydrogen) atoms. The Morgan fingerprint density at radius 2 is 1.89 bits per heavy atom. The van der Waals surface area contributed by atoms with Gasteiger partial charge < -0.3 is 8.92 Å². The third kappa shape index (κ3) is 4.71. The zero-order valence-electron chi connectivity index (χ0n) is 14.6. The van der Waals surface area contributed by atoms with Crippen LogP contribution < -0.4 is 9.87 Å². The van der Waals surface area contributed by atoms with Gasteiger partial charge in [-0.25, -0.2) is 9.78 Å². The maximum Gasteiger partial charge on any atom is 0.534 e. The third-order valence-electron chi connectivity index (χ3n) is 4.21. The highest BCUT2D eigenvalue weighted by molar-refractivity contribution is 7.88. The topological polar surface area (TPSA) is 87.5 Å². The molecule has 3 rings (SSSR count). The summed E-state index contributed by atoms with van der Waals surface area (Å²) >= 11 is 0. The van der Waals surface area contributed by atoms with E-state index in [1.807, 2.05) is 0 Å². The fourth-order valence-electron chi connectivity index (χ4n) is 2.78. The summed E-state index contributed by atoms with van der Waals surface area (Å²) in [4.78, 5) is 15.8. The molecule has 1 saturated heterocycles. The molecule has 0 N–H and O–H groups in total. The second kappa shape index (κ2) is 7.92. The predicted octanol–water partition coefficient (Wildman–Crippen LogP) is 2.71. The van der Waals surface area contributed by atoms with Gasteiger partial charge in [0.15, 0.2) is 0 Å². The molecule has 11 heteroatoms. The van der Waals surface area contributed by atoms with Crippen molar-refractivity contribution >= 4 is 10.1 Å². The Kier molecular flexibility index (Phi) is 5.75. The molecule has 152 valence electrons. The number of alkyl halides is 3. The summed E-state index contributed by atoms with van der Waals surface area (Å²) in [5, 5.41) is 0. The summed E-state index contributed by atoms with van der Waals surface area (Å²) in [7, 11) is -5.73. The monoisotopic (exact) mass is 418 g/mol. The molecule has 1 aromatic heterocycles. The summed E-state index contributed by atoms with van der Waals surface area (Å²) in [6.07, 6.45) is 5.69. The average molecular weight is 418 g/mol. The van der Waals surface area contributed by atoms with Crippen LogP contribution in [-0.2, 0) is 21.4 Å². The van der Waals surface area contributed by atoms with E-state index in [0.29, 0.717) is 24.3 Å². The van der Waals surface area contributed by atoms with Gasteiger partial charge in [0.1, 0.15) is 5.75 Å². The first-order chi connectivity index (χ1) is 13.2. The summed E-state index contributed by atoms with van der Waals surface area (Å²) in [5.74, 6) is -0.474. The maximum atomic E-state index is 12.4. The highest BCUT2D eigenvalue weighted by atomic mass is 32.2. The van der Waals surface area contributed by atoms with E-state index in [0.717, 1.165) is 31.4 Å². The summed E-state index contributed by atoms with van der Waals surface area (Å²) in [6, 6.07) is 4.95. The van der Waals surface area contributed by atoms with Gasteiger partial charge in [-0.1, -0.05) is 12.1 Å². The molecule has 0 aliphatic carbocycles. The molecule has 7 nitrogen and oxygen atoms in total. The number of halogens is 3. The van der Waals surface area contributed by atoms with Gasteiger partial charge in [-0.2, -0.15) is 21.6 Å². The van der Waals surface area contributed by atoms with Gasteiger partial charge in [-0.15, -0.1) is 0 Å². The minimum Gasteiger partial charge on any atom is -0.376 e. The second-order valence-corrected chi connectivity index (χ2v) is 7.81. The first-order valence-electron chi connectivity index (χ1n) is 8.45. The summed E-state index contributed by atoms with van der Waals surface area (Å²) in [5.41, 5.74) is -4.87. The van der Waals surface area contributed by atoms with Gasteiger partial charge in [0.25, 0.3) is 0 Å². The fraction of sp³-hybridized carbons (Fsp3) is 0.412. The molecule has 1 aliphatic rings. The van der Waals surface area contributed by atoms with Crippen molar-refractivity contribution in [1.29, 1.82) is 0 Å². The van der Waals surface area contributed by atoms with E-state index in [-0.39, 0.29) is 6.10 Å². The minimum absolute atomic E-state index is 0.0770. The lowest BCUT2D eigenvalue weighted by Crippen LogP contribution is -2.31. The van der Waals surface area contributed by atoms with Crippen molar-refractivity contribution in [2.24, 2.45) is 0 Å². The first-order valence-corrected chi connectivity index (χ1v) is 9.86. The van der Waals surface area contributed by atoms with E-state index in [9.17, 15) is 26.4 Å². The van der Waals surface area contributed by atoms with Crippen molar-refractivity contribution in [1.82, 2.24) is 9.55 Å². The molecule has 0 spiro atoms. The Morgan fingerprint density at radius 3 is 2.50 bits per heavy atom. The molecule has 0 radical (unpaired) electrons. The van der Waals surface area contributed by atoms with E-state index < -0.39 is 27.1 Å². The van der Waals surface area contributed by atoms with Crippen LogP contribution in [0.15, 0.2) is 41.5 Å². The Hall–Kier alpha value is -2.40. The van der Waals surface area contributed by atoms with E-state index >= 15 is 0 Å². The standard InChI is InChI=1S/C17H17F3N2O5S/c18-17(19,20)28(24,25)27-14-6-4-12(5-7-14)13-9-21-16(23)22(10-13)11-15-3-1-2-8-26-15/h4-7,9-10,15H,1-3,8,11H2. The van der Waals surface area contributed by atoms with Crippen LogP contribution in [0.25, 0.3) is 11.1 Å². The lowest BCUT2D eigenvalue weighted by atomic mass is 10.1. The summed E-state index contributed by atoms with van der Waals surface area (Å²) < 4.78 is 70.3. The van der Waals surface area contributed by atoms with Gasteiger partial charge in [-0.3, -0.25) is 4.57 Å². The average Bonchev–Trinajstić information content (AvgIpc) is 2.64. The molecule has 1 atom stereocenters. The molecule has 2 aromatic rings. The largest absolute Gasteiger partial charge is 0.534 e. The molecule has 2 heterocycles. The number of hydrogen-bond acceptors (Lipinski definition) is 6. The number of aromatic nitrogens is 2. The zero-order valence-corrected chi connectivity index (χ0v) is 15.4. The molecule has 1 aliphatic heterocycles. The molecular formula is C17H17F3N2O5S. The number of hydrogen-bond donors (Lipinski definition) is 0. The van der Waals surface area contributed by atoms with Crippen LogP contribution >= 0.6 is 0 Å². The lowest BCUT2D eigenvalue weighted by Gasteiger charge is -2.23. The number of ether oxygens (including phenoxy) is 1. The lowest BCUT2D eigenvalue weighted by molar-refractivity contribution is -0.0500. The second-order valence-electron chi connectivity index (χ2n) is 6.27. The van der Waals surface area contributed by atoms with Crippen molar-refractivity contribution in [3.05, 3.63) is 47.1 Å². The Balaban J connectivity index is 1.78. The van der Waals surface area contributed by atoms with Crippen molar-refractivity contribution in [3.8, 4) is 16.9 Å². The molecule has 1 fully saturated rings. The van der Waals surface area contributed by atoms with Gasteiger partial charge in [0.2, 0.25) is 0 Å². The molecule has 0 amide bonds. The van der Waals surface area contributed by atoms with E-state index in [2.05, 4.69) is 9.17 Å². The fourth-order valence-corrected chi connectivity index (χ4v) is 3.24. The zero-order chi connectivity index (χ0) is 20.4. The highest BCUT2D eigenvalue weighted by Gasteiger charge is 2.48. The first kappa shape index (κ1) is 20.3. The Morgan fingerprint density at radius 1 is 1.18 bits per heavy atom. The molecule has 0 saturated carbocycles. The smallest absolute Gasteiger partial charge is 0.376 e. The van der Waals surface area contributed by atoms with Crippen LogP contribution in [-0.4, -0.2) is 36.2 Å². The van der Waals surface area contributed by atoms with Gasteiger partial charge >= 0.3 is 21.3 Å². The maximum absolute atomic E-state index is 12.4. The quantitative estimate of drug-likeness (QED) is 0.548. The van der Waals surface area contributed by atoms with Crippen molar-refractivity contribution < 1.29 is 30.5 Å². The van der Waals surface area contributed by atoms with Crippen LogP contribution in [0.4, 0.5) is 13.2 Å². The van der Waals surface area contributed by atoms with Crippen LogP contribution in [0.2, 0.25) is 0 Å². The van der Waals surface area contributed by atoms with Crippen molar-refractivity contribution in [2.45, 2.75) is 37.4 Å². The van der Waals surface area contributed by atoms with Crippen LogP contribution in [0.3, 0.4) is 0 Å². The summed E-state index contributed by atoms with van der Waals surface area (Å²) in [6.45, 7) is 1.000. The van der Waals surface area contributed by atoms with Crippen LogP contribution in [0, 0.1) is 0 Å². The van der Waals surface area contributed by atoms with Crippen LogP contribution in [0.5, 0.6) is 5.75 Å². The molecule has 1 aromatic carbocycles. The Bertz CT molecular complexity index is 981. The predicted molar refractivity (Wildman–Crippen MR) is 93.1 cm³/mol. The van der Waals surface area contributed by atoms with E-state index in [1.165, 1.54) is 22.9 Å². The third-order valence-corrected chi connectivity index (χ3v) is 5.18. The molecular weight excluding hydrogens is 401 g/mol. The number of nitrogens with zero attached hydrogens (tertiary/aromatic N) is 2. The van der Waals surface area contributed by atoms with Gasteiger partial charge in [-0.05, 0) is 37.0 Å².